The molecule has 0 aliphatic rings. The van der Waals surface area contributed by atoms with Crippen LogP contribution in [0.3, 0.4) is 0 Å². The second kappa shape index (κ2) is 11.4. The van der Waals surface area contributed by atoms with E-state index in [1.807, 2.05) is 37.3 Å². The van der Waals surface area contributed by atoms with Gasteiger partial charge in [-0.3, -0.25) is 4.79 Å². The van der Waals surface area contributed by atoms with Crippen molar-refractivity contribution in [3.05, 3.63) is 35.9 Å². The smallest absolute Gasteiger partial charge is 0.320 e. The van der Waals surface area contributed by atoms with Crippen LogP contribution in [-0.2, 0) is 11.2 Å². The van der Waals surface area contributed by atoms with Crippen LogP contribution in [0.15, 0.2) is 30.3 Å². The van der Waals surface area contributed by atoms with Crippen molar-refractivity contribution in [1.82, 2.24) is 0 Å². The molecule has 0 amide bonds. The standard InChI is InChI=1S/C9H11NO2.C3H8O.ClH/c10-8(9(11)12)6-7-4-2-1-3-5-7;1-2-3-4;/h1-5,8H,6,10H2,(H,11,12);4H,2-3H2,1H3;1H. The monoisotopic (exact) mass is 261 g/mol. The second-order valence-electron chi connectivity index (χ2n) is 3.36. The van der Waals surface area contributed by atoms with Crippen LogP contribution in [0.5, 0.6) is 0 Å². The van der Waals surface area contributed by atoms with E-state index >= 15 is 0 Å². The number of aliphatic hydroxyl groups is 1. The minimum Gasteiger partial charge on any atom is -0.480 e. The molecule has 1 rings (SSSR count). The number of carbonyl (C=O) groups is 1. The molecule has 1 unspecified atom stereocenters. The first-order valence-corrected chi connectivity index (χ1v) is 5.25. The van der Waals surface area contributed by atoms with E-state index in [9.17, 15) is 4.79 Å². The van der Waals surface area contributed by atoms with Crippen molar-refractivity contribution < 1.29 is 15.0 Å². The van der Waals surface area contributed by atoms with E-state index in [-0.39, 0.29) is 12.4 Å². The Morgan fingerprint density at radius 2 is 1.82 bits per heavy atom. The van der Waals surface area contributed by atoms with Gasteiger partial charge in [0, 0.05) is 6.61 Å². The Hall–Kier alpha value is -1.10. The van der Waals surface area contributed by atoms with Gasteiger partial charge in [-0.15, -0.1) is 12.4 Å². The van der Waals surface area contributed by atoms with Crippen LogP contribution in [0.4, 0.5) is 0 Å². The molecule has 1 aromatic rings. The molecule has 0 spiro atoms. The highest BCUT2D eigenvalue weighted by atomic mass is 35.5. The quantitative estimate of drug-likeness (QED) is 0.766. The molecular formula is C12H20ClNO3. The van der Waals surface area contributed by atoms with Crippen LogP contribution in [0.1, 0.15) is 18.9 Å². The Kier molecular flexibility index (Phi) is 12.2. The maximum atomic E-state index is 10.4. The van der Waals surface area contributed by atoms with Crippen LogP contribution in [0.25, 0.3) is 0 Å². The summed E-state index contributed by atoms with van der Waals surface area (Å²) >= 11 is 0. The van der Waals surface area contributed by atoms with Gasteiger partial charge in [0.1, 0.15) is 6.04 Å². The molecule has 0 saturated heterocycles. The molecular weight excluding hydrogens is 242 g/mol. The van der Waals surface area contributed by atoms with Gasteiger partial charge in [-0.25, -0.2) is 0 Å². The van der Waals surface area contributed by atoms with E-state index in [0.717, 1.165) is 12.0 Å². The highest BCUT2D eigenvalue weighted by Crippen LogP contribution is 2.01. The molecule has 4 N–H and O–H groups in total. The van der Waals surface area contributed by atoms with Crippen LogP contribution in [0.2, 0.25) is 0 Å². The van der Waals surface area contributed by atoms with E-state index in [4.69, 9.17) is 15.9 Å². The molecule has 5 heteroatoms. The maximum Gasteiger partial charge on any atom is 0.320 e. The number of benzene rings is 1. The zero-order chi connectivity index (χ0) is 12.4. The first-order chi connectivity index (χ1) is 7.61. The predicted octanol–water partition coefficient (Wildman–Crippen LogP) is 1.45. The highest BCUT2D eigenvalue weighted by molar-refractivity contribution is 5.85. The van der Waals surface area contributed by atoms with Gasteiger partial charge in [-0.2, -0.15) is 0 Å². The number of aliphatic carboxylic acids is 1. The fraction of sp³-hybridized carbons (Fsp3) is 0.417. The van der Waals surface area contributed by atoms with Crippen molar-refractivity contribution in [2.45, 2.75) is 25.8 Å². The molecule has 0 aromatic heterocycles. The molecule has 1 atom stereocenters. The topological polar surface area (TPSA) is 83.5 Å². The van der Waals surface area contributed by atoms with Crippen molar-refractivity contribution in [2.24, 2.45) is 5.73 Å². The summed E-state index contributed by atoms with van der Waals surface area (Å²) < 4.78 is 0. The molecule has 98 valence electrons. The molecule has 17 heavy (non-hydrogen) atoms. The number of nitrogens with two attached hydrogens (primary N) is 1. The number of halogens is 1. The molecule has 0 saturated carbocycles. The molecule has 0 aliphatic carbocycles. The van der Waals surface area contributed by atoms with Crippen molar-refractivity contribution in [2.75, 3.05) is 6.61 Å². The summed E-state index contributed by atoms with van der Waals surface area (Å²) in [5, 5.41) is 16.4. The zero-order valence-corrected chi connectivity index (χ0v) is 10.7. The van der Waals surface area contributed by atoms with Gasteiger partial charge >= 0.3 is 5.97 Å². The summed E-state index contributed by atoms with van der Waals surface area (Å²) in [7, 11) is 0. The van der Waals surface area contributed by atoms with Crippen LogP contribution >= 0.6 is 12.4 Å². The lowest BCUT2D eigenvalue weighted by Crippen LogP contribution is -2.32. The average molecular weight is 262 g/mol. The van der Waals surface area contributed by atoms with Crippen molar-refractivity contribution in [1.29, 1.82) is 0 Å². The largest absolute Gasteiger partial charge is 0.480 e. The number of rotatable bonds is 4. The molecule has 0 heterocycles. The Balaban J connectivity index is 0. The van der Waals surface area contributed by atoms with Crippen molar-refractivity contribution >= 4 is 18.4 Å². The number of hydrogen-bond donors (Lipinski definition) is 3. The summed E-state index contributed by atoms with van der Waals surface area (Å²) in [5.74, 6) is -0.959. The second-order valence-corrected chi connectivity index (χ2v) is 3.36. The van der Waals surface area contributed by atoms with Crippen molar-refractivity contribution in [3.63, 3.8) is 0 Å². The summed E-state index contributed by atoms with van der Waals surface area (Å²) in [6, 6.07) is 8.54. The van der Waals surface area contributed by atoms with Crippen LogP contribution < -0.4 is 5.73 Å². The van der Waals surface area contributed by atoms with Gasteiger partial charge < -0.3 is 15.9 Å². The molecule has 0 aliphatic heterocycles. The molecule has 1 aromatic carbocycles. The van der Waals surface area contributed by atoms with Crippen LogP contribution in [-0.4, -0.2) is 28.8 Å². The minimum absolute atomic E-state index is 0. The lowest BCUT2D eigenvalue weighted by atomic mass is 10.1. The van der Waals surface area contributed by atoms with Gasteiger partial charge in [-0.05, 0) is 18.4 Å². The molecule has 0 radical (unpaired) electrons. The highest BCUT2D eigenvalue weighted by Gasteiger charge is 2.10. The molecule has 0 fully saturated rings. The first-order valence-electron chi connectivity index (χ1n) is 5.25. The summed E-state index contributed by atoms with van der Waals surface area (Å²) in [6.07, 6.45) is 1.26. The third kappa shape index (κ3) is 9.81. The number of carboxylic acid groups (broad SMARTS) is 1. The summed E-state index contributed by atoms with van der Waals surface area (Å²) in [4.78, 5) is 10.4. The molecule has 4 nitrogen and oxygen atoms in total. The van der Waals surface area contributed by atoms with Gasteiger partial charge in [-0.1, -0.05) is 37.3 Å². The lowest BCUT2D eigenvalue weighted by molar-refractivity contribution is -0.138. The average Bonchev–Trinajstić information content (AvgIpc) is 2.30. The van der Waals surface area contributed by atoms with Gasteiger partial charge in [0.05, 0.1) is 0 Å². The number of hydrogen-bond acceptors (Lipinski definition) is 3. The van der Waals surface area contributed by atoms with Gasteiger partial charge in [0.15, 0.2) is 0 Å². The van der Waals surface area contributed by atoms with Crippen molar-refractivity contribution in [3.8, 4) is 0 Å². The molecule has 0 bridgehead atoms. The van der Waals surface area contributed by atoms with Crippen LogP contribution in [0, 0.1) is 0 Å². The maximum absolute atomic E-state index is 10.4. The van der Waals surface area contributed by atoms with Gasteiger partial charge in [0.2, 0.25) is 0 Å². The minimum atomic E-state index is -0.959. The Bertz CT molecular complexity index is 291. The Morgan fingerprint density at radius 1 is 1.35 bits per heavy atom. The van der Waals surface area contributed by atoms with E-state index in [2.05, 4.69) is 0 Å². The SMILES string of the molecule is CCCO.Cl.NC(Cc1ccccc1)C(=O)O. The Morgan fingerprint density at radius 3 is 2.18 bits per heavy atom. The number of aliphatic hydroxyl groups excluding tert-OH is 1. The van der Waals surface area contributed by atoms with E-state index in [1.165, 1.54) is 0 Å². The summed E-state index contributed by atoms with van der Waals surface area (Å²) in [6.45, 7) is 2.25. The fourth-order valence-corrected chi connectivity index (χ4v) is 0.955. The zero-order valence-electron chi connectivity index (χ0n) is 9.87. The van der Waals surface area contributed by atoms with E-state index < -0.39 is 12.0 Å². The predicted molar refractivity (Wildman–Crippen MR) is 70.4 cm³/mol. The van der Waals surface area contributed by atoms with Gasteiger partial charge in [0.25, 0.3) is 0 Å². The Labute approximate surface area is 108 Å². The van der Waals surface area contributed by atoms with E-state index in [1.54, 1.807) is 0 Å². The third-order valence-corrected chi connectivity index (χ3v) is 1.84. The third-order valence-electron chi connectivity index (χ3n) is 1.84. The summed E-state index contributed by atoms with van der Waals surface area (Å²) in [5.41, 5.74) is 6.30. The number of carboxylic acids is 1. The lowest BCUT2D eigenvalue weighted by Gasteiger charge is -2.04. The fourth-order valence-electron chi connectivity index (χ4n) is 0.955. The normalized spacial score (nSPS) is 10.5. The first kappa shape index (κ1) is 18.3. The van der Waals surface area contributed by atoms with E-state index in [0.29, 0.717) is 13.0 Å².